The SMILES string of the molecule is Cc1nccn1CC(=O)Nc1cccc(CN2CCCC2)c1. The van der Waals surface area contributed by atoms with E-state index in [2.05, 4.69) is 27.3 Å². The molecule has 1 aromatic carbocycles. The summed E-state index contributed by atoms with van der Waals surface area (Å²) in [5.74, 6) is 0.817. The van der Waals surface area contributed by atoms with Gasteiger partial charge < -0.3 is 9.88 Å². The maximum atomic E-state index is 12.1. The van der Waals surface area contributed by atoms with Crippen molar-refractivity contribution in [1.29, 1.82) is 0 Å². The molecule has 5 nitrogen and oxygen atoms in total. The van der Waals surface area contributed by atoms with E-state index in [-0.39, 0.29) is 5.91 Å². The number of benzene rings is 1. The topological polar surface area (TPSA) is 50.2 Å². The van der Waals surface area contributed by atoms with Crippen LogP contribution in [0.1, 0.15) is 24.2 Å². The molecule has 0 atom stereocenters. The third-order valence-corrected chi connectivity index (χ3v) is 4.05. The fraction of sp³-hybridized carbons (Fsp3) is 0.412. The lowest BCUT2D eigenvalue weighted by Gasteiger charge is -2.15. The summed E-state index contributed by atoms with van der Waals surface area (Å²) in [6, 6.07) is 8.13. The Labute approximate surface area is 131 Å². The third kappa shape index (κ3) is 3.74. The van der Waals surface area contributed by atoms with Crippen molar-refractivity contribution in [3.8, 4) is 0 Å². The van der Waals surface area contributed by atoms with E-state index < -0.39 is 0 Å². The number of imidazole rings is 1. The molecule has 1 amide bonds. The van der Waals surface area contributed by atoms with Gasteiger partial charge in [-0.1, -0.05) is 12.1 Å². The fourth-order valence-electron chi connectivity index (χ4n) is 2.87. The number of nitrogens with one attached hydrogen (secondary N) is 1. The second-order valence-corrected chi connectivity index (χ2v) is 5.83. The molecule has 1 aliphatic heterocycles. The van der Waals surface area contributed by atoms with Crippen molar-refractivity contribution >= 4 is 11.6 Å². The standard InChI is InChI=1S/C17H22N4O/c1-14-18-7-10-21(14)13-17(22)19-16-6-4-5-15(11-16)12-20-8-2-3-9-20/h4-7,10-11H,2-3,8-9,12-13H2,1H3,(H,19,22). The monoisotopic (exact) mass is 298 g/mol. The summed E-state index contributed by atoms with van der Waals surface area (Å²) in [7, 11) is 0. The number of aryl methyl sites for hydroxylation is 1. The second-order valence-electron chi connectivity index (χ2n) is 5.83. The lowest BCUT2D eigenvalue weighted by molar-refractivity contribution is -0.116. The zero-order valence-electron chi connectivity index (χ0n) is 13.0. The van der Waals surface area contributed by atoms with Gasteiger partial charge in [-0.15, -0.1) is 0 Å². The molecule has 5 heteroatoms. The Bertz CT molecular complexity index is 644. The Morgan fingerprint density at radius 1 is 1.32 bits per heavy atom. The van der Waals surface area contributed by atoms with E-state index >= 15 is 0 Å². The first-order valence-corrected chi connectivity index (χ1v) is 7.79. The van der Waals surface area contributed by atoms with Gasteiger partial charge in [0.25, 0.3) is 0 Å². The molecule has 0 saturated carbocycles. The van der Waals surface area contributed by atoms with E-state index in [0.29, 0.717) is 6.54 Å². The van der Waals surface area contributed by atoms with Crippen molar-refractivity contribution in [3.05, 3.63) is 48.0 Å². The minimum absolute atomic E-state index is 0.0283. The highest BCUT2D eigenvalue weighted by atomic mass is 16.1. The van der Waals surface area contributed by atoms with Crippen LogP contribution in [0.2, 0.25) is 0 Å². The van der Waals surface area contributed by atoms with Gasteiger partial charge >= 0.3 is 0 Å². The predicted molar refractivity (Wildman–Crippen MR) is 86.5 cm³/mol. The number of rotatable bonds is 5. The van der Waals surface area contributed by atoms with E-state index in [1.807, 2.05) is 29.8 Å². The Balaban J connectivity index is 1.59. The van der Waals surface area contributed by atoms with Gasteiger partial charge in [0, 0.05) is 24.6 Å². The van der Waals surface area contributed by atoms with Crippen LogP contribution in [-0.4, -0.2) is 33.4 Å². The lowest BCUT2D eigenvalue weighted by Crippen LogP contribution is -2.20. The average Bonchev–Trinajstić information content (AvgIpc) is 3.12. The summed E-state index contributed by atoms with van der Waals surface area (Å²) < 4.78 is 1.84. The van der Waals surface area contributed by atoms with Crippen molar-refractivity contribution in [3.63, 3.8) is 0 Å². The van der Waals surface area contributed by atoms with Crippen LogP contribution >= 0.6 is 0 Å². The molecule has 116 valence electrons. The molecular weight excluding hydrogens is 276 g/mol. The number of carbonyl (C=O) groups excluding carboxylic acids is 1. The molecule has 1 saturated heterocycles. The Kier molecular flexibility index (Phi) is 4.53. The van der Waals surface area contributed by atoms with Crippen molar-refractivity contribution in [1.82, 2.24) is 14.5 Å². The van der Waals surface area contributed by atoms with Crippen molar-refractivity contribution < 1.29 is 4.79 Å². The van der Waals surface area contributed by atoms with Crippen LogP contribution in [0.5, 0.6) is 0 Å². The molecule has 22 heavy (non-hydrogen) atoms. The first-order chi connectivity index (χ1) is 10.7. The predicted octanol–water partition coefficient (Wildman–Crippen LogP) is 2.43. The number of anilines is 1. The molecule has 1 aliphatic rings. The number of nitrogens with zero attached hydrogens (tertiary/aromatic N) is 3. The summed E-state index contributed by atoms with van der Waals surface area (Å²) in [6.07, 6.45) is 6.11. The summed E-state index contributed by atoms with van der Waals surface area (Å²) in [5, 5.41) is 2.97. The Morgan fingerprint density at radius 2 is 2.14 bits per heavy atom. The molecule has 1 aromatic heterocycles. The molecule has 2 aromatic rings. The maximum Gasteiger partial charge on any atom is 0.244 e. The van der Waals surface area contributed by atoms with Crippen LogP contribution in [0, 0.1) is 6.92 Å². The van der Waals surface area contributed by atoms with Gasteiger partial charge in [0.1, 0.15) is 12.4 Å². The van der Waals surface area contributed by atoms with Crippen LogP contribution in [0.25, 0.3) is 0 Å². The van der Waals surface area contributed by atoms with Gasteiger partial charge in [0.15, 0.2) is 0 Å². The number of carbonyl (C=O) groups is 1. The fourth-order valence-corrected chi connectivity index (χ4v) is 2.87. The van der Waals surface area contributed by atoms with Gasteiger partial charge in [0.05, 0.1) is 0 Å². The zero-order chi connectivity index (χ0) is 15.4. The highest BCUT2D eigenvalue weighted by Crippen LogP contribution is 2.16. The molecule has 0 bridgehead atoms. The van der Waals surface area contributed by atoms with E-state index in [9.17, 15) is 4.79 Å². The number of amides is 1. The van der Waals surface area contributed by atoms with Crippen LogP contribution in [0.4, 0.5) is 5.69 Å². The molecule has 1 N–H and O–H groups in total. The molecule has 1 fully saturated rings. The van der Waals surface area contributed by atoms with Crippen LogP contribution < -0.4 is 5.32 Å². The third-order valence-electron chi connectivity index (χ3n) is 4.05. The minimum Gasteiger partial charge on any atom is -0.326 e. The van der Waals surface area contributed by atoms with Gasteiger partial charge in [-0.2, -0.15) is 0 Å². The molecule has 0 aliphatic carbocycles. The summed E-state index contributed by atoms with van der Waals surface area (Å²) in [4.78, 5) is 18.7. The van der Waals surface area contributed by atoms with Crippen molar-refractivity contribution in [2.75, 3.05) is 18.4 Å². The molecule has 0 radical (unpaired) electrons. The van der Waals surface area contributed by atoms with Gasteiger partial charge in [-0.3, -0.25) is 9.69 Å². The minimum atomic E-state index is -0.0283. The van der Waals surface area contributed by atoms with Crippen molar-refractivity contribution in [2.24, 2.45) is 0 Å². The average molecular weight is 298 g/mol. The lowest BCUT2D eigenvalue weighted by atomic mass is 10.2. The maximum absolute atomic E-state index is 12.1. The van der Waals surface area contributed by atoms with Crippen molar-refractivity contribution in [2.45, 2.75) is 32.9 Å². The number of hydrogen-bond donors (Lipinski definition) is 1. The zero-order valence-corrected chi connectivity index (χ0v) is 13.0. The summed E-state index contributed by atoms with van der Waals surface area (Å²) >= 11 is 0. The summed E-state index contributed by atoms with van der Waals surface area (Å²) in [6.45, 7) is 5.50. The molecular formula is C17H22N4O. The number of aromatic nitrogens is 2. The normalized spacial score (nSPS) is 15.1. The second kappa shape index (κ2) is 6.75. The highest BCUT2D eigenvalue weighted by molar-refractivity contribution is 5.90. The van der Waals surface area contributed by atoms with Crippen LogP contribution in [0.15, 0.2) is 36.7 Å². The van der Waals surface area contributed by atoms with Gasteiger partial charge in [-0.05, 0) is 50.6 Å². The van der Waals surface area contributed by atoms with Gasteiger partial charge in [0.2, 0.25) is 5.91 Å². The molecule has 2 heterocycles. The largest absolute Gasteiger partial charge is 0.326 e. The first kappa shape index (κ1) is 14.8. The van der Waals surface area contributed by atoms with Crippen LogP contribution in [-0.2, 0) is 17.9 Å². The molecule has 0 unspecified atom stereocenters. The smallest absolute Gasteiger partial charge is 0.244 e. The van der Waals surface area contributed by atoms with E-state index in [4.69, 9.17) is 0 Å². The first-order valence-electron chi connectivity index (χ1n) is 7.79. The summed E-state index contributed by atoms with van der Waals surface area (Å²) in [5.41, 5.74) is 2.11. The Hall–Kier alpha value is -2.14. The number of hydrogen-bond acceptors (Lipinski definition) is 3. The Morgan fingerprint density at radius 3 is 2.86 bits per heavy atom. The van der Waals surface area contributed by atoms with E-state index in [0.717, 1.165) is 18.1 Å². The van der Waals surface area contributed by atoms with E-state index in [1.165, 1.54) is 31.5 Å². The van der Waals surface area contributed by atoms with Crippen LogP contribution in [0.3, 0.4) is 0 Å². The highest BCUT2D eigenvalue weighted by Gasteiger charge is 2.12. The number of likely N-dealkylation sites (tertiary alicyclic amines) is 1. The van der Waals surface area contributed by atoms with E-state index in [1.54, 1.807) is 6.20 Å². The molecule has 0 spiro atoms. The quantitative estimate of drug-likeness (QED) is 0.922. The van der Waals surface area contributed by atoms with Gasteiger partial charge in [-0.25, -0.2) is 4.98 Å². The molecule has 3 rings (SSSR count).